The molecule has 0 bridgehead atoms. The summed E-state index contributed by atoms with van der Waals surface area (Å²) in [4.78, 5) is 0. The van der Waals surface area contributed by atoms with Gasteiger partial charge in [0.1, 0.15) is 0 Å². The van der Waals surface area contributed by atoms with Crippen LogP contribution < -0.4 is 0 Å². The summed E-state index contributed by atoms with van der Waals surface area (Å²) in [6, 6.07) is 0. The molecule has 0 heterocycles. The summed E-state index contributed by atoms with van der Waals surface area (Å²) in [5, 5.41) is 0. The van der Waals surface area contributed by atoms with Gasteiger partial charge in [0.15, 0.2) is 0 Å². The zero-order chi connectivity index (χ0) is 4.50. The van der Waals surface area contributed by atoms with Gasteiger partial charge in [-0.2, -0.15) is 0 Å². The molecule has 5 heavy (non-hydrogen) atoms. The molecule has 0 atom stereocenters. The van der Waals surface area contributed by atoms with Crippen molar-refractivity contribution in [2.24, 2.45) is 0 Å². The van der Waals surface area contributed by atoms with E-state index >= 15 is 0 Å². The third-order valence-corrected chi connectivity index (χ3v) is 0. The maximum Gasteiger partial charge on any atom is -0.0352 e. The van der Waals surface area contributed by atoms with Crippen molar-refractivity contribution < 1.29 is 0 Å². The first-order chi connectivity index (χ1) is 2.00. The van der Waals surface area contributed by atoms with Crippen LogP contribution in [0.1, 0.15) is 0 Å². The molecule has 0 radical (unpaired) electrons. The predicted octanol–water partition coefficient (Wildman–Crippen LogP) is 1.31. The van der Waals surface area contributed by atoms with Crippen LogP contribution in [0.4, 0.5) is 0 Å². The van der Waals surface area contributed by atoms with Gasteiger partial charge in [0.05, 0.1) is 0 Å². The van der Waals surface area contributed by atoms with Crippen molar-refractivity contribution in [1.82, 2.24) is 0 Å². The largest absolute Gasteiger partial charge is 0.253 e. The number of rotatable bonds is 0. The fourth-order valence-corrected chi connectivity index (χ4v) is 0. The zero-order valence-corrected chi connectivity index (χ0v) is 5.22. The molecule has 34 valence electrons. The minimum atomic E-state index is -0.167. The van der Waals surface area contributed by atoms with Gasteiger partial charge < -0.3 is 0 Å². The second-order valence-electron chi connectivity index (χ2n) is 2.45. The molecule has 1 heteroatoms. The first kappa shape index (κ1) is 5.35. The number of hydrogen-bond donors (Lipinski definition) is 0. The molecule has 0 saturated heterocycles. The van der Waals surface area contributed by atoms with Gasteiger partial charge in [-0.25, -0.2) is 0 Å². The topological polar surface area (TPSA) is 0 Å². The van der Waals surface area contributed by atoms with Gasteiger partial charge in [-0.1, -0.05) is 0 Å². The van der Waals surface area contributed by atoms with Crippen LogP contribution >= 0.6 is 10.0 Å². The first-order valence-corrected chi connectivity index (χ1v) is 4.90. The van der Waals surface area contributed by atoms with Crippen molar-refractivity contribution in [3.05, 3.63) is 0 Å². The van der Waals surface area contributed by atoms with Gasteiger partial charge in [-0.05, 0) is 25.0 Å². The van der Waals surface area contributed by atoms with Crippen molar-refractivity contribution in [2.75, 3.05) is 25.0 Å². The van der Waals surface area contributed by atoms with E-state index in [0.29, 0.717) is 0 Å². The summed E-state index contributed by atoms with van der Waals surface area (Å²) in [6.07, 6.45) is 9.08. The second-order valence-corrected chi connectivity index (χ2v) is 7.35. The molecule has 0 aliphatic carbocycles. The molecule has 0 aromatic carbocycles. The molecule has 0 rings (SSSR count). The van der Waals surface area contributed by atoms with Crippen LogP contribution in [0.25, 0.3) is 0 Å². The van der Waals surface area contributed by atoms with E-state index in [2.05, 4.69) is 25.0 Å². The van der Waals surface area contributed by atoms with Gasteiger partial charge in [0, 0.05) is 0 Å². The molecule has 0 aromatic heterocycles. The lowest BCUT2D eigenvalue weighted by Gasteiger charge is -2.15. The van der Waals surface area contributed by atoms with Crippen LogP contribution in [-0.4, -0.2) is 25.0 Å². The van der Waals surface area contributed by atoms with Crippen LogP contribution in [-0.2, 0) is 0 Å². The van der Waals surface area contributed by atoms with E-state index in [1.807, 2.05) is 0 Å². The third-order valence-electron chi connectivity index (χ3n) is 0. The Morgan fingerprint density at radius 1 is 0.800 bits per heavy atom. The fourth-order valence-electron chi connectivity index (χ4n) is 0. The summed E-state index contributed by atoms with van der Waals surface area (Å²) in [6.45, 7) is 0. The Bertz CT molecular complexity index is 19.1. The van der Waals surface area contributed by atoms with Crippen LogP contribution in [0.2, 0.25) is 0 Å². The Hall–Kier alpha value is 0.350. The summed E-state index contributed by atoms with van der Waals surface area (Å²) < 4.78 is 0. The molecule has 0 aromatic rings. The van der Waals surface area contributed by atoms with Gasteiger partial charge in [0.2, 0.25) is 0 Å². The Labute approximate surface area is 35.9 Å². The average Bonchev–Trinajstić information content (AvgIpc) is 0.722. The summed E-state index contributed by atoms with van der Waals surface area (Å²) in [5.74, 6) is 0. The highest BCUT2D eigenvalue weighted by atomic mass is 32.3. The summed E-state index contributed by atoms with van der Waals surface area (Å²) in [7, 11) is -0.167. The normalized spacial score (nSPS) is 15.2. The fraction of sp³-hybridized carbons (Fsp3) is 1.00. The molecular formula is C4H12S. The lowest BCUT2D eigenvalue weighted by Crippen LogP contribution is -1.82. The van der Waals surface area contributed by atoms with Crippen LogP contribution in [0.5, 0.6) is 0 Å². The van der Waals surface area contributed by atoms with Crippen LogP contribution in [0.3, 0.4) is 0 Å². The Kier molecular flexibility index (Phi) is 1.30. The maximum absolute atomic E-state index is 2.27. The highest BCUT2D eigenvalue weighted by molar-refractivity contribution is 8.31. The van der Waals surface area contributed by atoms with Crippen molar-refractivity contribution in [3.63, 3.8) is 0 Å². The Morgan fingerprint density at radius 2 is 0.800 bits per heavy atom. The van der Waals surface area contributed by atoms with Gasteiger partial charge >= 0.3 is 0 Å². The minimum absolute atomic E-state index is 0.167. The van der Waals surface area contributed by atoms with E-state index in [-0.39, 0.29) is 10.0 Å². The molecule has 0 unspecified atom stereocenters. The van der Waals surface area contributed by atoms with Crippen molar-refractivity contribution in [1.29, 1.82) is 0 Å². The SMILES string of the molecule is CS(C)(C)C. The first-order valence-electron chi connectivity index (χ1n) is 1.63. The van der Waals surface area contributed by atoms with E-state index in [1.54, 1.807) is 0 Å². The van der Waals surface area contributed by atoms with E-state index < -0.39 is 0 Å². The van der Waals surface area contributed by atoms with E-state index in [9.17, 15) is 0 Å². The van der Waals surface area contributed by atoms with E-state index in [0.717, 1.165) is 0 Å². The molecule has 0 amide bonds. The maximum atomic E-state index is 2.27. The van der Waals surface area contributed by atoms with E-state index in [1.165, 1.54) is 0 Å². The highest BCUT2D eigenvalue weighted by Crippen LogP contribution is 2.27. The monoisotopic (exact) mass is 92.1 g/mol. The minimum Gasteiger partial charge on any atom is -0.253 e. The predicted molar refractivity (Wildman–Crippen MR) is 31.3 cm³/mol. The number of hydrogen-bond acceptors (Lipinski definition) is 0. The van der Waals surface area contributed by atoms with Crippen molar-refractivity contribution in [2.45, 2.75) is 0 Å². The molecule has 0 aliphatic rings. The molecular weight excluding hydrogens is 80.1 g/mol. The Balaban J connectivity index is 3.02. The molecule has 0 nitrogen and oxygen atoms in total. The van der Waals surface area contributed by atoms with Gasteiger partial charge in [-0.15, -0.1) is 0 Å². The molecule has 0 aliphatic heterocycles. The quantitative estimate of drug-likeness (QED) is 0.422. The molecule has 0 N–H and O–H groups in total. The Morgan fingerprint density at radius 3 is 0.800 bits per heavy atom. The highest BCUT2D eigenvalue weighted by Gasteiger charge is 1.86. The third kappa shape index (κ3) is 196. The standard InChI is InChI=1S/C4H12S/c1-5(2,3)4/h1-4H3. The summed E-state index contributed by atoms with van der Waals surface area (Å²) in [5.41, 5.74) is 0. The summed E-state index contributed by atoms with van der Waals surface area (Å²) >= 11 is 0. The van der Waals surface area contributed by atoms with Gasteiger partial charge in [-0.3, -0.25) is 10.0 Å². The lowest BCUT2D eigenvalue weighted by atomic mass is 11.8. The molecule has 0 fully saturated rings. The smallest absolute Gasteiger partial charge is 0.0352 e. The van der Waals surface area contributed by atoms with E-state index in [4.69, 9.17) is 0 Å². The van der Waals surface area contributed by atoms with Crippen molar-refractivity contribution in [3.8, 4) is 0 Å². The molecule has 0 saturated carbocycles. The van der Waals surface area contributed by atoms with Crippen molar-refractivity contribution >= 4 is 10.0 Å². The van der Waals surface area contributed by atoms with Crippen LogP contribution in [0, 0.1) is 0 Å². The zero-order valence-electron chi connectivity index (χ0n) is 4.41. The molecule has 0 spiro atoms. The second kappa shape index (κ2) is 1.21. The van der Waals surface area contributed by atoms with Crippen LogP contribution in [0.15, 0.2) is 0 Å². The lowest BCUT2D eigenvalue weighted by molar-refractivity contribution is 2.04. The average molecular weight is 92.2 g/mol. The van der Waals surface area contributed by atoms with Gasteiger partial charge in [0.25, 0.3) is 0 Å².